The number of aliphatic hydroxyl groups is 1. The maximum atomic E-state index is 13.2. The number of nitrogens with zero attached hydrogens (tertiary/aromatic N) is 3. The zero-order valence-electron chi connectivity index (χ0n) is 15.9. The number of amides is 1. The van der Waals surface area contributed by atoms with Crippen molar-refractivity contribution in [2.24, 2.45) is 7.05 Å². The third-order valence-electron chi connectivity index (χ3n) is 5.48. The van der Waals surface area contributed by atoms with Crippen LogP contribution in [0.15, 0.2) is 12.1 Å². The van der Waals surface area contributed by atoms with Crippen molar-refractivity contribution in [1.82, 2.24) is 19.7 Å². The third kappa shape index (κ3) is 3.16. The van der Waals surface area contributed by atoms with Crippen molar-refractivity contribution in [2.75, 3.05) is 13.2 Å². The van der Waals surface area contributed by atoms with E-state index in [0.717, 1.165) is 22.0 Å². The summed E-state index contributed by atoms with van der Waals surface area (Å²) in [5.74, 6) is -0.427. The number of rotatable bonds is 2. The summed E-state index contributed by atoms with van der Waals surface area (Å²) in [4.78, 5) is 16.9. The number of benzene rings is 1. The standard InChI is InChI=1S/C19H17Cl2F3N4O2/c1-8-15-11(3-4-28(8)14(30)7-29)25-18-16(15)9(5-10(20)17(18)21)12-6-13(19(22,23)24)26-27(12)2/h5-6,8,25,29H,3-4,7H2,1-2H3/t8-/m0/s1. The van der Waals surface area contributed by atoms with Gasteiger partial charge in [0.1, 0.15) is 6.61 Å². The molecule has 4 rings (SSSR count). The topological polar surface area (TPSA) is 74.2 Å². The maximum Gasteiger partial charge on any atom is 0.435 e. The van der Waals surface area contributed by atoms with Crippen molar-refractivity contribution in [2.45, 2.75) is 25.6 Å². The zero-order chi connectivity index (χ0) is 22.0. The fourth-order valence-corrected chi connectivity index (χ4v) is 4.52. The maximum absolute atomic E-state index is 13.2. The summed E-state index contributed by atoms with van der Waals surface area (Å²) < 4.78 is 40.8. The fourth-order valence-electron chi connectivity index (χ4n) is 4.12. The summed E-state index contributed by atoms with van der Waals surface area (Å²) in [6.07, 6.45) is -4.12. The molecular formula is C19H17Cl2F3N4O2. The molecule has 1 atom stereocenters. The highest BCUT2D eigenvalue weighted by atomic mass is 35.5. The first kappa shape index (κ1) is 21.0. The Balaban J connectivity index is 2.01. The van der Waals surface area contributed by atoms with E-state index in [1.54, 1.807) is 6.92 Å². The van der Waals surface area contributed by atoms with Crippen molar-refractivity contribution < 1.29 is 23.1 Å². The molecule has 0 aliphatic carbocycles. The Morgan fingerprint density at radius 3 is 2.67 bits per heavy atom. The summed E-state index contributed by atoms with van der Waals surface area (Å²) in [5, 5.41) is 13.9. The number of aliphatic hydroxyl groups excluding tert-OH is 1. The average Bonchev–Trinajstić information content (AvgIpc) is 3.26. The molecule has 2 aromatic heterocycles. The van der Waals surface area contributed by atoms with Crippen LogP contribution in [0.3, 0.4) is 0 Å². The molecule has 0 radical (unpaired) electrons. The van der Waals surface area contributed by atoms with Crippen LogP contribution in [0.25, 0.3) is 22.2 Å². The van der Waals surface area contributed by atoms with Crippen LogP contribution in [0, 0.1) is 0 Å². The number of carbonyl (C=O) groups is 1. The van der Waals surface area contributed by atoms with Gasteiger partial charge in [0, 0.05) is 42.2 Å². The number of nitrogens with one attached hydrogen (secondary N) is 1. The second-order valence-electron chi connectivity index (χ2n) is 7.19. The first-order valence-electron chi connectivity index (χ1n) is 9.09. The highest BCUT2D eigenvalue weighted by Gasteiger charge is 2.36. The highest BCUT2D eigenvalue weighted by molar-refractivity contribution is 6.45. The molecule has 0 saturated carbocycles. The van der Waals surface area contributed by atoms with E-state index >= 15 is 0 Å². The Bertz CT molecular complexity index is 1170. The molecule has 0 saturated heterocycles. The van der Waals surface area contributed by atoms with Gasteiger partial charge < -0.3 is 15.0 Å². The minimum atomic E-state index is -4.60. The molecule has 2 N–H and O–H groups in total. The first-order valence-corrected chi connectivity index (χ1v) is 9.84. The van der Waals surface area contributed by atoms with E-state index < -0.39 is 30.4 Å². The van der Waals surface area contributed by atoms with E-state index in [2.05, 4.69) is 10.1 Å². The molecule has 1 amide bonds. The van der Waals surface area contributed by atoms with Gasteiger partial charge in [-0.25, -0.2) is 0 Å². The van der Waals surface area contributed by atoms with Crippen molar-refractivity contribution in [3.8, 4) is 11.3 Å². The Kier molecular flexibility index (Phi) is 5.03. The van der Waals surface area contributed by atoms with E-state index in [0.29, 0.717) is 29.4 Å². The van der Waals surface area contributed by atoms with Crippen LogP contribution < -0.4 is 0 Å². The van der Waals surface area contributed by atoms with Crippen molar-refractivity contribution >= 4 is 40.0 Å². The van der Waals surface area contributed by atoms with E-state index in [1.807, 2.05) is 0 Å². The fraction of sp³-hybridized carbons (Fsp3) is 0.368. The molecule has 1 aromatic carbocycles. The molecule has 3 aromatic rings. The molecule has 3 heterocycles. The van der Waals surface area contributed by atoms with Crippen LogP contribution in [-0.4, -0.2) is 43.8 Å². The SMILES string of the molecule is C[C@H]1c2c([nH]c3c(Cl)c(Cl)cc(-c4cc(C(F)(F)F)nn4C)c23)CCN1C(=O)CO. The molecule has 0 spiro atoms. The van der Waals surface area contributed by atoms with Gasteiger partial charge in [-0.2, -0.15) is 18.3 Å². The molecule has 1 aliphatic rings. The van der Waals surface area contributed by atoms with Gasteiger partial charge in [0.25, 0.3) is 0 Å². The third-order valence-corrected chi connectivity index (χ3v) is 6.27. The number of aryl methyl sites for hydroxylation is 1. The normalized spacial score (nSPS) is 16.9. The second-order valence-corrected chi connectivity index (χ2v) is 7.98. The second kappa shape index (κ2) is 7.18. The number of hydrogen-bond acceptors (Lipinski definition) is 3. The monoisotopic (exact) mass is 460 g/mol. The van der Waals surface area contributed by atoms with Crippen molar-refractivity contribution in [3.05, 3.63) is 39.1 Å². The van der Waals surface area contributed by atoms with Crippen molar-refractivity contribution in [3.63, 3.8) is 0 Å². The Hall–Kier alpha value is -2.23. The molecule has 11 heteroatoms. The summed E-state index contributed by atoms with van der Waals surface area (Å²) in [7, 11) is 1.42. The van der Waals surface area contributed by atoms with Crippen LogP contribution in [0.4, 0.5) is 13.2 Å². The van der Waals surface area contributed by atoms with Gasteiger partial charge in [-0.15, -0.1) is 0 Å². The minimum Gasteiger partial charge on any atom is -0.387 e. The van der Waals surface area contributed by atoms with E-state index in [1.165, 1.54) is 18.0 Å². The number of aromatic amines is 1. The van der Waals surface area contributed by atoms with E-state index in [4.69, 9.17) is 23.2 Å². The van der Waals surface area contributed by atoms with Gasteiger partial charge in [0.15, 0.2) is 5.69 Å². The van der Waals surface area contributed by atoms with Crippen LogP contribution in [0.1, 0.15) is 29.9 Å². The quantitative estimate of drug-likeness (QED) is 0.597. The Morgan fingerprint density at radius 2 is 2.07 bits per heavy atom. The van der Waals surface area contributed by atoms with Gasteiger partial charge in [-0.05, 0) is 19.1 Å². The van der Waals surface area contributed by atoms with Crippen LogP contribution >= 0.6 is 23.2 Å². The Labute approximate surface area is 179 Å². The Morgan fingerprint density at radius 1 is 1.37 bits per heavy atom. The van der Waals surface area contributed by atoms with Gasteiger partial charge in [0.2, 0.25) is 5.91 Å². The van der Waals surface area contributed by atoms with Crippen molar-refractivity contribution in [1.29, 1.82) is 0 Å². The predicted molar refractivity (Wildman–Crippen MR) is 106 cm³/mol. The number of aromatic nitrogens is 3. The molecule has 1 aliphatic heterocycles. The number of alkyl halides is 3. The number of halogens is 5. The molecular weight excluding hydrogens is 444 g/mol. The average molecular weight is 461 g/mol. The first-order chi connectivity index (χ1) is 14.0. The van der Waals surface area contributed by atoms with Crippen LogP contribution in [0.5, 0.6) is 0 Å². The smallest absolute Gasteiger partial charge is 0.387 e. The van der Waals surface area contributed by atoms with Gasteiger partial charge in [-0.1, -0.05) is 23.2 Å². The number of H-pyrrole nitrogens is 1. The largest absolute Gasteiger partial charge is 0.435 e. The van der Waals surface area contributed by atoms with Gasteiger partial charge in [0.05, 0.1) is 27.3 Å². The summed E-state index contributed by atoms with van der Waals surface area (Å²) in [5.41, 5.74) is 1.67. The lowest BCUT2D eigenvalue weighted by atomic mass is 9.93. The zero-order valence-corrected chi connectivity index (χ0v) is 17.5. The minimum absolute atomic E-state index is 0.184. The van der Waals surface area contributed by atoms with E-state index in [-0.39, 0.29) is 15.7 Å². The summed E-state index contributed by atoms with van der Waals surface area (Å²) in [6, 6.07) is 2.05. The highest BCUT2D eigenvalue weighted by Crippen LogP contribution is 2.45. The molecule has 6 nitrogen and oxygen atoms in total. The lowest BCUT2D eigenvalue weighted by Gasteiger charge is -2.33. The van der Waals surface area contributed by atoms with Crippen LogP contribution in [0.2, 0.25) is 10.0 Å². The van der Waals surface area contributed by atoms with Crippen LogP contribution in [-0.2, 0) is 24.4 Å². The predicted octanol–water partition coefficient (Wildman–Crippen LogP) is 4.33. The van der Waals surface area contributed by atoms with Gasteiger partial charge >= 0.3 is 6.18 Å². The molecule has 0 unspecified atom stereocenters. The number of hydrogen-bond donors (Lipinski definition) is 2. The lowest BCUT2D eigenvalue weighted by Crippen LogP contribution is -2.40. The lowest BCUT2D eigenvalue weighted by molar-refractivity contribution is -0.141. The molecule has 30 heavy (non-hydrogen) atoms. The number of fused-ring (bicyclic) bond motifs is 3. The van der Waals surface area contributed by atoms with Gasteiger partial charge in [-0.3, -0.25) is 9.48 Å². The van der Waals surface area contributed by atoms with E-state index in [9.17, 15) is 23.1 Å². The summed E-state index contributed by atoms with van der Waals surface area (Å²) >= 11 is 12.7. The molecule has 160 valence electrons. The summed E-state index contributed by atoms with van der Waals surface area (Å²) in [6.45, 7) is 1.57. The molecule has 0 bridgehead atoms. The molecule has 0 fully saturated rings. The number of carbonyl (C=O) groups excluding carboxylic acids is 1.